The third-order valence-electron chi connectivity index (χ3n) is 4.11. The minimum absolute atomic E-state index is 0.377. The smallest absolute Gasteiger partial charge is 0.130 e. The Bertz CT molecular complexity index is 621. The Morgan fingerprint density at radius 2 is 2.05 bits per heavy atom. The van der Waals surface area contributed by atoms with E-state index in [-0.39, 0.29) is 0 Å². The van der Waals surface area contributed by atoms with Gasteiger partial charge in [-0.15, -0.1) is 0 Å². The number of nitrogens with one attached hydrogen (secondary N) is 1. The molecule has 0 radical (unpaired) electrons. The van der Waals surface area contributed by atoms with Gasteiger partial charge in [-0.05, 0) is 42.6 Å². The number of para-hydroxylation sites is 1. The summed E-state index contributed by atoms with van der Waals surface area (Å²) in [6, 6.07) is 15.6. The van der Waals surface area contributed by atoms with Crippen LogP contribution in [0.1, 0.15) is 37.4 Å². The van der Waals surface area contributed by atoms with Crippen molar-refractivity contribution < 1.29 is 4.74 Å². The van der Waals surface area contributed by atoms with Crippen molar-refractivity contribution in [3.63, 3.8) is 0 Å². The third-order valence-corrected chi connectivity index (χ3v) is 4.11. The van der Waals surface area contributed by atoms with Gasteiger partial charge in [-0.25, -0.2) is 0 Å². The summed E-state index contributed by atoms with van der Waals surface area (Å²) in [5, 5.41) is 3.55. The summed E-state index contributed by atoms with van der Waals surface area (Å²) in [5.41, 5.74) is 5.12. The number of hydrogen-bond donors (Lipinski definition) is 1. The molecule has 3 rings (SSSR count). The monoisotopic (exact) mass is 281 g/mol. The van der Waals surface area contributed by atoms with Crippen LogP contribution in [-0.2, 0) is 6.42 Å². The van der Waals surface area contributed by atoms with Gasteiger partial charge >= 0.3 is 0 Å². The maximum Gasteiger partial charge on any atom is 0.130 e. The molecule has 0 amide bonds. The molecule has 1 aliphatic rings. The van der Waals surface area contributed by atoms with E-state index < -0.39 is 0 Å². The lowest BCUT2D eigenvalue weighted by Crippen LogP contribution is -2.19. The summed E-state index contributed by atoms with van der Waals surface area (Å²) in [7, 11) is 0. The largest absolute Gasteiger partial charge is 0.492 e. The van der Waals surface area contributed by atoms with E-state index in [2.05, 4.69) is 61.6 Å². The van der Waals surface area contributed by atoms with Crippen molar-refractivity contribution >= 4 is 0 Å². The summed E-state index contributed by atoms with van der Waals surface area (Å²) >= 11 is 0. The van der Waals surface area contributed by atoms with Gasteiger partial charge in [-0.1, -0.05) is 43.3 Å². The van der Waals surface area contributed by atoms with Crippen molar-refractivity contribution in [3.8, 4) is 16.9 Å². The van der Waals surface area contributed by atoms with Crippen molar-refractivity contribution in [1.82, 2.24) is 5.32 Å². The molecule has 21 heavy (non-hydrogen) atoms. The second-order valence-electron chi connectivity index (χ2n) is 5.69. The molecule has 0 aliphatic carbocycles. The van der Waals surface area contributed by atoms with Crippen molar-refractivity contribution in [1.29, 1.82) is 0 Å². The molecule has 110 valence electrons. The number of ether oxygens (including phenoxy) is 1. The third kappa shape index (κ3) is 2.96. The van der Waals surface area contributed by atoms with Gasteiger partial charge in [-0.3, -0.25) is 0 Å². The molecule has 1 atom stereocenters. The molecular formula is C19H23NO. The fourth-order valence-electron chi connectivity index (χ4n) is 2.90. The van der Waals surface area contributed by atoms with Crippen LogP contribution in [0.15, 0.2) is 42.5 Å². The van der Waals surface area contributed by atoms with Crippen molar-refractivity contribution in [2.75, 3.05) is 13.2 Å². The van der Waals surface area contributed by atoms with Crippen LogP contribution in [0.3, 0.4) is 0 Å². The topological polar surface area (TPSA) is 21.3 Å². The fourth-order valence-corrected chi connectivity index (χ4v) is 2.90. The quantitative estimate of drug-likeness (QED) is 0.879. The molecule has 2 aromatic rings. The van der Waals surface area contributed by atoms with E-state index in [1.165, 1.54) is 22.3 Å². The van der Waals surface area contributed by atoms with Gasteiger partial charge in [0.2, 0.25) is 0 Å². The van der Waals surface area contributed by atoms with E-state index in [4.69, 9.17) is 4.74 Å². The first-order valence-corrected chi connectivity index (χ1v) is 7.88. The highest BCUT2D eigenvalue weighted by atomic mass is 16.5. The predicted molar refractivity (Wildman–Crippen MR) is 87.8 cm³/mol. The maximum atomic E-state index is 5.83. The highest BCUT2D eigenvalue weighted by molar-refractivity contribution is 5.73. The highest BCUT2D eigenvalue weighted by Gasteiger charge is 2.17. The summed E-state index contributed by atoms with van der Waals surface area (Å²) in [5.74, 6) is 1.07. The number of fused-ring (bicyclic) bond motifs is 1. The highest BCUT2D eigenvalue weighted by Crippen LogP contribution is 2.37. The molecule has 1 heterocycles. The second-order valence-corrected chi connectivity index (χ2v) is 5.69. The van der Waals surface area contributed by atoms with Gasteiger partial charge in [0.1, 0.15) is 5.75 Å². The second kappa shape index (κ2) is 6.31. The predicted octanol–water partition coefficient (Wildman–Crippen LogP) is 4.35. The van der Waals surface area contributed by atoms with Gasteiger partial charge in [0, 0.05) is 18.0 Å². The van der Waals surface area contributed by atoms with Gasteiger partial charge in [0.15, 0.2) is 0 Å². The zero-order valence-electron chi connectivity index (χ0n) is 12.9. The average Bonchev–Trinajstić information content (AvgIpc) is 3.01. The van der Waals surface area contributed by atoms with Gasteiger partial charge in [0.25, 0.3) is 0 Å². The minimum Gasteiger partial charge on any atom is -0.492 e. The van der Waals surface area contributed by atoms with Crippen molar-refractivity contribution in [3.05, 3.63) is 53.6 Å². The molecule has 0 spiro atoms. The van der Waals surface area contributed by atoms with E-state index in [0.29, 0.717) is 6.04 Å². The molecule has 2 aromatic carbocycles. The molecule has 1 aliphatic heterocycles. The van der Waals surface area contributed by atoms with E-state index in [1.54, 1.807) is 0 Å². The summed E-state index contributed by atoms with van der Waals surface area (Å²) in [6.45, 7) is 6.27. The summed E-state index contributed by atoms with van der Waals surface area (Å²) < 4.78 is 5.83. The summed E-state index contributed by atoms with van der Waals surface area (Å²) in [4.78, 5) is 0. The molecule has 0 bridgehead atoms. The minimum atomic E-state index is 0.377. The molecule has 0 aromatic heterocycles. The molecule has 1 N–H and O–H groups in total. The molecule has 2 heteroatoms. The van der Waals surface area contributed by atoms with Crippen LogP contribution < -0.4 is 10.1 Å². The molecule has 0 fully saturated rings. The Morgan fingerprint density at radius 3 is 2.90 bits per heavy atom. The molecule has 0 saturated heterocycles. The van der Waals surface area contributed by atoms with E-state index >= 15 is 0 Å². The van der Waals surface area contributed by atoms with Gasteiger partial charge in [0.05, 0.1) is 6.61 Å². The lowest BCUT2D eigenvalue weighted by Gasteiger charge is -2.15. The molecular weight excluding hydrogens is 258 g/mol. The Kier molecular flexibility index (Phi) is 4.26. The first-order valence-electron chi connectivity index (χ1n) is 7.88. The maximum absolute atomic E-state index is 5.83. The van der Waals surface area contributed by atoms with E-state index in [1.807, 2.05) is 0 Å². The molecule has 0 saturated carbocycles. The lowest BCUT2D eigenvalue weighted by atomic mass is 9.97. The van der Waals surface area contributed by atoms with Crippen LogP contribution >= 0.6 is 0 Å². The van der Waals surface area contributed by atoms with Crippen LogP contribution in [-0.4, -0.2) is 13.2 Å². The molecule has 2 nitrogen and oxygen atoms in total. The van der Waals surface area contributed by atoms with E-state index in [0.717, 1.165) is 31.7 Å². The number of rotatable bonds is 5. The fraction of sp³-hybridized carbons (Fsp3) is 0.368. The average molecular weight is 281 g/mol. The molecule has 1 unspecified atom stereocenters. The Hall–Kier alpha value is -1.80. The van der Waals surface area contributed by atoms with Crippen molar-refractivity contribution in [2.24, 2.45) is 0 Å². The SMILES string of the molecule is CCCNC(C)c1cccc(-c2cccc3c2OCC3)c1. The number of hydrogen-bond acceptors (Lipinski definition) is 2. The van der Waals surface area contributed by atoms with Crippen LogP contribution in [0.25, 0.3) is 11.1 Å². The van der Waals surface area contributed by atoms with Gasteiger partial charge < -0.3 is 10.1 Å². The zero-order chi connectivity index (χ0) is 14.7. The number of benzene rings is 2. The normalized spacial score (nSPS) is 14.6. The van der Waals surface area contributed by atoms with Crippen LogP contribution in [0.5, 0.6) is 5.75 Å². The first kappa shape index (κ1) is 14.2. The van der Waals surface area contributed by atoms with Crippen LogP contribution in [0.4, 0.5) is 0 Å². The first-order chi connectivity index (χ1) is 10.3. The van der Waals surface area contributed by atoms with Crippen molar-refractivity contribution in [2.45, 2.75) is 32.7 Å². The van der Waals surface area contributed by atoms with Crippen LogP contribution in [0, 0.1) is 0 Å². The Balaban J connectivity index is 1.92. The Morgan fingerprint density at radius 1 is 1.19 bits per heavy atom. The Labute approximate surface area is 127 Å². The lowest BCUT2D eigenvalue weighted by molar-refractivity contribution is 0.358. The van der Waals surface area contributed by atoms with Gasteiger partial charge in [-0.2, -0.15) is 0 Å². The standard InChI is InChI=1S/C19H23NO/c1-3-11-20-14(2)16-7-4-8-17(13-16)18-9-5-6-15-10-12-21-19(15)18/h4-9,13-14,20H,3,10-12H2,1-2H3. The van der Waals surface area contributed by atoms with Crippen LogP contribution in [0.2, 0.25) is 0 Å². The summed E-state index contributed by atoms with van der Waals surface area (Å²) in [6.07, 6.45) is 2.18. The zero-order valence-corrected chi connectivity index (χ0v) is 12.9. The van der Waals surface area contributed by atoms with E-state index in [9.17, 15) is 0 Å².